The zero-order valence-electron chi connectivity index (χ0n) is 23.6. The van der Waals surface area contributed by atoms with Crippen molar-refractivity contribution in [1.29, 1.82) is 0 Å². The van der Waals surface area contributed by atoms with Gasteiger partial charge < -0.3 is 4.74 Å². The second-order valence-corrected chi connectivity index (χ2v) is 12.1. The minimum Gasteiger partial charge on any atom is -0.490 e. The Morgan fingerprint density at radius 3 is 1.92 bits per heavy atom. The lowest BCUT2D eigenvalue weighted by atomic mass is 9.77. The van der Waals surface area contributed by atoms with Crippen molar-refractivity contribution in [2.45, 2.75) is 129 Å². The summed E-state index contributed by atoms with van der Waals surface area (Å²) in [4.78, 5) is 9.14. The summed E-state index contributed by atoms with van der Waals surface area (Å²) in [6.07, 6.45) is 30.1. The Balaban J connectivity index is 1.10. The zero-order valence-corrected chi connectivity index (χ0v) is 23.6. The average Bonchev–Trinajstić information content (AvgIpc) is 3.47. The summed E-state index contributed by atoms with van der Waals surface area (Å²) >= 11 is 0. The van der Waals surface area contributed by atoms with Crippen molar-refractivity contribution in [3.05, 3.63) is 42.2 Å². The van der Waals surface area contributed by atoms with E-state index in [0.717, 1.165) is 47.9 Å². The number of aromatic nitrogens is 2. The molecule has 3 heteroatoms. The molecule has 0 saturated heterocycles. The zero-order chi connectivity index (χ0) is 25.5. The molecule has 1 aromatic heterocycles. The molecule has 4 rings (SSSR count). The third-order valence-electron chi connectivity index (χ3n) is 9.11. The maximum atomic E-state index is 5.89. The molecule has 204 valence electrons. The van der Waals surface area contributed by atoms with Gasteiger partial charge in [-0.25, -0.2) is 9.97 Å². The molecule has 2 aromatic rings. The van der Waals surface area contributed by atoms with Crippen LogP contribution in [0.4, 0.5) is 0 Å². The lowest BCUT2D eigenvalue weighted by Crippen LogP contribution is -2.15. The molecule has 0 N–H and O–H groups in total. The molecule has 2 aliphatic carbocycles. The first-order valence-electron chi connectivity index (χ1n) is 15.8. The molecule has 3 nitrogen and oxygen atoms in total. The van der Waals surface area contributed by atoms with Gasteiger partial charge in [0.25, 0.3) is 0 Å². The first-order chi connectivity index (χ1) is 18.3. The first kappa shape index (κ1) is 28.1. The Hall–Kier alpha value is -1.90. The van der Waals surface area contributed by atoms with Crippen LogP contribution in [-0.2, 0) is 6.42 Å². The monoisotopic (exact) mass is 504 g/mol. The number of benzene rings is 1. The standard InChI is InChI=1S/C34H52N2O/c1-2-3-4-6-12-29-15-17-30(18-16-29)19-20-31-21-23-32(24-22-31)34-35-26-33(27-36-34)37-25-10-5-7-11-28-13-8-9-14-28/h21-24,26-30H,2-20,25H2,1H3. The summed E-state index contributed by atoms with van der Waals surface area (Å²) in [5, 5.41) is 0. The predicted octanol–water partition coefficient (Wildman–Crippen LogP) is 9.98. The number of ether oxygens (including phenoxy) is 1. The second kappa shape index (κ2) is 16.1. The van der Waals surface area contributed by atoms with Crippen LogP contribution < -0.4 is 4.74 Å². The normalized spacial score (nSPS) is 20.4. The summed E-state index contributed by atoms with van der Waals surface area (Å²) < 4.78 is 5.89. The lowest BCUT2D eigenvalue weighted by Gasteiger charge is -2.28. The molecule has 2 saturated carbocycles. The highest BCUT2D eigenvalue weighted by Gasteiger charge is 2.20. The molecular formula is C34H52N2O. The summed E-state index contributed by atoms with van der Waals surface area (Å²) in [6.45, 7) is 3.07. The molecule has 37 heavy (non-hydrogen) atoms. The van der Waals surface area contributed by atoms with Crippen LogP contribution in [0.3, 0.4) is 0 Å². The van der Waals surface area contributed by atoms with Gasteiger partial charge in [-0.05, 0) is 42.6 Å². The molecule has 2 fully saturated rings. The van der Waals surface area contributed by atoms with E-state index in [9.17, 15) is 0 Å². The van der Waals surface area contributed by atoms with E-state index < -0.39 is 0 Å². The highest BCUT2D eigenvalue weighted by molar-refractivity contribution is 5.55. The Morgan fingerprint density at radius 2 is 1.27 bits per heavy atom. The Kier molecular flexibility index (Phi) is 12.3. The van der Waals surface area contributed by atoms with Crippen LogP contribution >= 0.6 is 0 Å². The molecule has 0 atom stereocenters. The third-order valence-corrected chi connectivity index (χ3v) is 9.11. The number of rotatable bonds is 16. The molecule has 0 radical (unpaired) electrons. The van der Waals surface area contributed by atoms with Crippen molar-refractivity contribution < 1.29 is 4.74 Å². The minimum absolute atomic E-state index is 0.767. The molecule has 2 aliphatic rings. The van der Waals surface area contributed by atoms with Gasteiger partial charge in [0, 0.05) is 5.56 Å². The fourth-order valence-electron chi connectivity index (χ4n) is 6.60. The van der Waals surface area contributed by atoms with Crippen LogP contribution in [0.15, 0.2) is 36.7 Å². The van der Waals surface area contributed by atoms with Gasteiger partial charge >= 0.3 is 0 Å². The van der Waals surface area contributed by atoms with E-state index >= 15 is 0 Å². The van der Waals surface area contributed by atoms with Gasteiger partial charge in [0.15, 0.2) is 11.6 Å². The Bertz CT molecular complexity index is 848. The molecule has 1 heterocycles. The summed E-state index contributed by atoms with van der Waals surface area (Å²) in [6, 6.07) is 8.91. The van der Waals surface area contributed by atoms with E-state index in [1.165, 1.54) is 121 Å². The Labute approximate surface area is 227 Å². The molecule has 0 amide bonds. The van der Waals surface area contributed by atoms with Gasteiger partial charge in [-0.1, -0.05) is 134 Å². The van der Waals surface area contributed by atoms with Crippen molar-refractivity contribution in [2.24, 2.45) is 17.8 Å². The average molecular weight is 505 g/mol. The summed E-state index contributed by atoms with van der Waals surface area (Å²) in [5.41, 5.74) is 2.53. The van der Waals surface area contributed by atoms with Gasteiger partial charge in [0.2, 0.25) is 0 Å². The van der Waals surface area contributed by atoms with Crippen molar-refractivity contribution >= 4 is 0 Å². The van der Waals surface area contributed by atoms with Gasteiger partial charge in [-0.3, -0.25) is 0 Å². The van der Waals surface area contributed by atoms with Gasteiger partial charge in [-0.2, -0.15) is 0 Å². The van der Waals surface area contributed by atoms with E-state index in [2.05, 4.69) is 41.2 Å². The SMILES string of the molecule is CCCCCCC1CCC(CCc2ccc(-c3ncc(OCCCCCC4CCCC4)cn3)cc2)CC1. The topological polar surface area (TPSA) is 35.0 Å². The van der Waals surface area contributed by atoms with E-state index in [0.29, 0.717) is 0 Å². The van der Waals surface area contributed by atoms with Crippen LogP contribution in [0.25, 0.3) is 11.4 Å². The predicted molar refractivity (Wildman–Crippen MR) is 156 cm³/mol. The highest BCUT2D eigenvalue weighted by atomic mass is 16.5. The van der Waals surface area contributed by atoms with Gasteiger partial charge in [0.1, 0.15) is 0 Å². The summed E-state index contributed by atoms with van der Waals surface area (Å²) in [5.74, 6) is 4.51. The van der Waals surface area contributed by atoms with Crippen LogP contribution in [0.5, 0.6) is 5.75 Å². The molecule has 0 unspecified atom stereocenters. The second-order valence-electron chi connectivity index (χ2n) is 12.1. The van der Waals surface area contributed by atoms with E-state index in [-0.39, 0.29) is 0 Å². The van der Waals surface area contributed by atoms with Crippen molar-refractivity contribution in [1.82, 2.24) is 9.97 Å². The van der Waals surface area contributed by atoms with E-state index in [1.807, 2.05) is 12.4 Å². The fraction of sp³-hybridized carbons (Fsp3) is 0.706. The maximum Gasteiger partial charge on any atom is 0.159 e. The highest BCUT2D eigenvalue weighted by Crippen LogP contribution is 2.34. The van der Waals surface area contributed by atoms with Gasteiger partial charge in [0.05, 0.1) is 19.0 Å². The largest absolute Gasteiger partial charge is 0.490 e. The Morgan fingerprint density at radius 1 is 0.676 bits per heavy atom. The maximum absolute atomic E-state index is 5.89. The smallest absolute Gasteiger partial charge is 0.159 e. The van der Waals surface area contributed by atoms with Crippen molar-refractivity contribution in [2.75, 3.05) is 6.61 Å². The van der Waals surface area contributed by atoms with E-state index in [4.69, 9.17) is 4.74 Å². The van der Waals surface area contributed by atoms with Gasteiger partial charge in [-0.15, -0.1) is 0 Å². The van der Waals surface area contributed by atoms with Crippen LogP contribution in [-0.4, -0.2) is 16.6 Å². The third kappa shape index (κ3) is 10.1. The molecule has 0 spiro atoms. The fourth-order valence-corrected chi connectivity index (χ4v) is 6.60. The molecule has 0 aliphatic heterocycles. The molecule has 1 aromatic carbocycles. The van der Waals surface area contributed by atoms with Crippen LogP contribution in [0.1, 0.15) is 128 Å². The van der Waals surface area contributed by atoms with Crippen LogP contribution in [0, 0.1) is 17.8 Å². The summed E-state index contributed by atoms with van der Waals surface area (Å²) in [7, 11) is 0. The van der Waals surface area contributed by atoms with Crippen LogP contribution in [0.2, 0.25) is 0 Å². The van der Waals surface area contributed by atoms with E-state index in [1.54, 1.807) is 0 Å². The number of hydrogen-bond donors (Lipinski definition) is 0. The minimum atomic E-state index is 0.767. The lowest BCUT2D eigenvalue weighted by molar-refractivity contribution is 0.249. The van der Waals surface area contributed by atoms with Crippen molar-refractivity contribution in [3.63, 3.8) is 0 Å². The first-order valence-corrected chi connectivity index (χ1v) is 15.8. The number of nitrogens with zero attached hydrogens (tertiary/aromatic N) is 2. The molecule has 0 bridgehead atoms. The number of aryl methyl sites for hydroxylation is 1. The number of unbranched alkanes of at least 4 members (excludes halogenated alkanes) is 5. The quantitative estimate of drug-likeness (QED) is 0.213. The van der Waals surface area contributed by atoms with Crippen molar-refractivity contribution in [3.8, 4) is 17.1 Å². The molecular weight excluding hydrogens is 452 g/mol. The number of hydrogen-bond acceptors (Lipinski definition) is 3.